The lowest BCUT2D eigenvalue weighted by Gasteiger charge is -2.19. The summed E-state index contributed by atoms with van der Waals surface area (Å²) in [7, 11) is 0. The van der Waals surface area contributed by atoms with E-state index in [4.69, 9.17) is 5.11 Å². The minimum absolute atomic E-state index is 0.0312. The Morgan fingerprint density at radius 1 is 1.00 bits per heavy atom. The minimum Gasteiger partial charge on any atom is -0.481 e. The topological polar surface area (TPSA) is 108 Å². The number of pyridine rings is 1. The Morgan fingerprint density at radius 3 is 2.53 bits per heavy atom. The van der Waals surface area contributed by atoms with Gasteiger partial charge in [-0.1, -0.05) is 62.2 Å². The van der Waals surface area contributed by atoms with E-state index in [0.29, 0.717) is 24.0 Å². The molecule has 0 bridgehead atoms. The lowest BCUT2D eigenvalue weighted by molar-refractivity contribution is -0.137. The molecule has 3 N–H and O–H groups in total. The van der Waals surface area contributed by atoms with E-state index in [0.717, 1.165) is 23.8 Å². The third kappa shape index (κ3) is 6.14. The van der Waals surface area contributed by atoms with E-state index in [1.165, 1.54) is 0 Å². The molecule has 166 valence electrons. The second kappa shape index (κ2) is 11.0. The van der Waals surface area contributed by atoms with Gasteiger partial charge >= 0.3 is 5.97 Å². The number of unbranched alkanes of at least 4 members (excludes halogenated alkanes) is 1. The lowest BCUT2D eigenvalue weighted by atomic mass is 10.1. The van der Waals surface area contributed by atoms with Crippen molar-refractivity contribution >= 4 is 34.4 Å². The fraction of sp³-hybridized carbons (Fsp3) is 0.280. The Bertz CT molecular complexity index is 1110. The number of aromatic nitrogens is 1. The highest BCUT2D eigenvalue weighted by Crippen LogP contribution is 2.18. The SMILES string of the molecule is CCCC[C@H](NC(=O)c1ccc2ccccc2n1)C(=O)Nc1ccccc1CCC(=O)O. The molecule has 7 heteroatoms. The third-order valence-corrected chi connectivity index (χ3v) is 5.18. The number of benzene rings is 2. The number of aryl methyl sites for hydroxylation is 1. The van der Waals surface area contributed by atoms with Gasteiger partial charge in [0, 0.05) is 17.5 Å². The molecule has 32 heavy (non-hydrogen) atoms. The van der Waals surface area contributed by atoms with Gasteiger partial charge in [0.25, 0.3) is 5.91 Å². The van der Waals surface area contributed by atoms with Crippen molar-refractivity contribution in [3.63, 3.8) is 0 Å². The predicted octanol–water partition coefficient (Wildman–Crippen LogP) is 4.18. The number of carboxylic acids is 1. The number of carbonyl (C=O) groups excluding carboxylic acids is 2. The lowest BCUT2D eigenvalue weighted by Crippen LogP contribution is -2.44. The van der Waals surface area contributed by atoms with Crippen molar-refractivity contribution in [3.8, 4) is 0 Å². The quantitative estimate of drug-likeness (QED) is 0.444. The van der Waals surface area contributed by atoms with Gasteiger partial charge in [0.15, 0.2) is 0 Å². The Kier molecular flexibility index (Phi) is 7.91. The van der Waals surface area contributed by atoms with E-state index in [2.05, 4.69) is 15.6 Å². The zero-order chi connectivity index (χ0) is 22.9. The highest BCUT2D eigenvalue weighted by molar-refractivity contribution is 6.01. The summed E-state index contributed by atoms with van der Waals surface area (Å²) < 4.78 is 0. The molecule has 7 nitrogen and oxygen atoms in total. The first-order chi connectivity index (χ1) is 15.5. The van der Waals surface area contributed by atoms with Crippen molar-refractivity contribution < 1.29 is 19.5 Å². The molecule has 2 amide bonds. The number of aliphatic carboxylic acids is 1. The first-order valence-electron chi connectivity index (χ1n) is 10.7. The summed E-state index contributed by atoms with van der Waals surface area (Å²) in [4.78, 5) is 41.2. The summed E-state index contributed by atoms with van der Waals surface area (Å²) in [6, 6.07) is 17.4. The van der Waals surface area contributed by atoms with Crippen molar-refractivity contribution in [1.29, 1.82) is 0 Å². The Morgan fingerprint density at radius 2 is 1.75 bits per heavy atom. The summed E-state index contributed by atoms with van der Waals surface area (Å²) in [5.74, 6) is -1.65. The number of carboxylic acid groups (broad SMARTS) is 1. The summed E-state index contributed by atoms with van der Waals surface area (Å²) >= 11 is 0. The molecular weight excluding hydrogens is 406 g/mol. The van der Waals surface area contributed by atoms with Gasteiger partial charge in [0.1, 0.15) is 11.7 Å². The Balaban J connectivity index is 1.74. The molecule has 3 aromatic rings. The van der Waals surface area contributed by atoms with Crippen LogP contribution in [0.15, 0.2) is 60.7 Å². The van der Waals surface area contributed by atoms with Gasteiger partial charge in [-0.05, 0) is 36.6 Å². The number of hydrogen-bond acceptors (Lipinski definition) is 4. The molecular formula is C25H27N3O4. The summed E-state index contributed by atoms with van der Waals surface area (Å²) in [5.41, 5.74) is 2.25. The average Bonchev–Trinajstić information content (AvgIpc) is 2.80. The number of amides is 2. The van der Waals surface area contributed by atoms with E-state index in [1.54, 1.807) is 30.3 Å². The standard InChI is InChI=1S/C25H27N3O4/c1-2-3-10-21(24(31)27-20-12-7-5-9-18(20)14-16-23(29)30)28-25(32)22-15-13-17-8-4-6-11-19(17)26-22/h4-9,11-13,15,21H,2-3,10,14,16H2,1H3,(H,27,31)(H,28,32)(H,29,30)/t21-/m0/s1. The molecule has 0 spiro atoms. The minimum atomic E-state index is -0.901. The Labute approximate surface area is 186 Å². The number of rotatable bonds is 10. The van der Waals surface area contributed by atoms with Crippen LogP contribution in [0.4, 0.5) is 5.69 Å². The zero-order valence-corrected chi connectivity index (χ0v) is 18.0. The van der Waals surface area contributed by atoms with Crippen LogP contribution in [0.2, 0.25) is 0 Å². The van der Waals surface area contributed by atoms with Gasteiger partial charge in [0.2, 0.25) is 5.91 Å². The highest BCUT2D eigenvalue weighted by atomic mass is 16.4. The van der Waals surface area contributed by atoms with Crippen LogP contribution in [0.5, 0.6) is 0 Å². The number of anilines is 1. The number of carbonyl (C=O) groups is 3. The fourth-order valence-electron chi connectivity index (χ4n) is 3.42. The number of nitrogens with one attached hydrogen (secondary N) is 2. The van der Waals surface area contributed by atoms with E-state index in [-0.39, 0.29) is 18.0 Å². The van der Waals surface area contributed by atoms with Gasteiger partial charge in [-0.15, -0.1) is 0 Å². The van der Waals surface area contributed by atoms with Crippen molar-refractivity contribution in [3.05, 3.63) is 71.9 Å². The van der Waals surface area contributed by atoms with E-state index >= 15 is 0 Å². The van der Waals surface area contributed by atoms with Crippen LogP contribution >= 0.6 is 0 Å². The fourth-order valence-corrected chi connectivity index (χ4v) is 3.42. The van der Waals surface area contributed by atoms with Crippen molar-refractivity contribution in [2.75, 3.05) is 5.32 Å². The van der Waals surface area contributed by atoms with Gasteiger partial charge in [-0.3, -0.25) is 14.4 Å². The maximum absolute atomic E-state index is 13.0. The second-order valence-electron chi connectivity index (χ2n) is 7.60. The maximum atomic E-state index is 13.0. The van der Waals surface area contributed by atoms with Gasteiger partial charge in [0.05, 0.1) is 5.52 Å². The molecule has 0 radical (unpaired) electrons. The summed E-state index contributed by atoms with van der Waals surface area (Å²) in [5, 5.41) is 15.6. The highest BCUT2D eigenvalue weighted by Gasteiger charge is 2.22. The summed E-state index contributed by atoms with van der Waals surface area (Å²) in [6.07, 6.45) is 2.40. The molecule has 0 aliphatic heterocycles. The largest absolute Gasteiger partial charge is 0.481 e. The van der Waals surface area contributed by atoms with Crippen LogP contribution < -0.4 is 10.6 Å². The number of para-hydroxylation sites is 2. The van der Waals surface area contributed by atoms with E-state index in [1.807, 2.05) is 37.3 Å². The molecule has 1 aromatic heterocycles. The molecule has 0 fully saturated rings. The number of fused-ring (bicyclic) bond motifs is 1. The van der Waals surface area contributed by atoms with Crippen LogP contribution in [0.3, 0.4) is 0 Å². The normalized spacial score (nSPS) is 11.7. The van der Waals surface area contributed by atoms with Crippen LogP contribution in [-0.4, -0.2) is 33.9 Å². The monoisotopic (exact) mass is 433 g/mol. The molecule has 0 saturated carbocycles. The van der Waals surface area contributed by atoms with Crippen LogP contribution in [0, 0.1) is 0 Å². The molecule has 0 aliphatic rings. The van der Waals surface area contributed by atoms with Gasteiger partial charge < -0.3 is 15.7 Å². The second-order valence-corrected chi connectivity index (χ2v) is 7.60. The smallest absolute Gasteiger partial charge is 0.303 e. The van der Waals surface area contributed by atoms with Crippen molar-refractivity contribution in [2.45, 2.75) is 45.1 Å². The average molecular weight is 434 g/mol. The third-order valence-electron chi connectivity index (χ3n) is 5.18. The first kappa shape index (κ1) is 22.9. The molecule has 3 rings (SSSR count). The van der Waals surface area contributed by atoms with Gasteiger partial charge in [-0.25, -0.2) is 4.98 Å². The molecule has 1 atom stereocenters. The first-order valence-corrected chi connectivity index (χ1v) is 10.7. The predicted molar refractivity (Wildman–Crippen MR) is 124 cm³/mol. The van der Waals surface area contributed by atoms with Crippen molar-refractivity contribution in [1.82, 2.24) is 10.3 Å². The Hall–Kier alpha value is -3.74. The molecule has 1 heterocycles. The number of hydrogen-bond donors (Lipinski definition) is 3. The van der Waals surface area contributed by atoms with Gasteiger partial charge in [-0.2, -0.15) is 0 Å². The molecule has 0 unspecified atom stereocenters. The maximum Gasteiger partial charge on any atom is 0.303 e. The molecule has 0 aliphatic carbocycles. The van der Waals surface area contributed by atoms with Crippen LogP contribution in [0.25, 0.3) is 10.9 Å². The summed E-state index contributed by atoms with van der Waals surface area (Å²) in [6.45, 7) is 2.02. The molecule has 0 saturated heterocycles. The van der Waals surface area contributed by atoms with Crippen LogP contribution in [-0.2, 0) is 16.0 Å². The van der Waals surface area contributed by atoms with E-state index in [9.17, 15) is 14.4 Å². The van der Waals surface area contributed by atoms with Crippen molar-refractivity contribution in [2.24, 2.45) is 0 Å². The molecule has 2 aromatic carbocycles. The zero-order valence-electron chi connectivity index (χ0n) is 18.0. The van der Waals surface area contributed by atoms with E-state index < -0.39 is 17.9 Å². The van der Waals surface area contributed by atoms with Crippen LogP contribution in [0.1, 0.15) is 48.7 Å². The number of nitrogens with zero attached hydrogens (tertiary/aromatic N) is 1.